The van der Waals surface area contributed by atoms with Crippen LogP contribution in [0.25, 0.3) is 11.1 Å². The van der Waals surface area contributed by atoms with Gasteiger partial charge in [0.2, 0.25) is 0 Å². The van der Waals surface area contributed by atoms with Crippen LogP contribution in [0.4, 0.5) is 5.69 Å². The van der Waals surface area contributed by atoms with Crippen molar-refractivity contribution < 1.29 is 13.2 Å². The van der Waals surface area contributed by atoms with Crippen molar-refractivity contribution >= 4 is 15.5 Å². The maximum atomic E-state index is 11.7. The van der Waals surface area contributed by atoms with Gasteiger partial charge in [0.15, 0.2) is 9.84 Å². The van der Waals surface area contributed by atoms with Crippen LogP contribution < -0.4 is 10.1 Å². The van der Waals surface area contributed by atoms with E-state index in [9.17, 15) is 8.42 Å². The van der Waals surface area contributed by atoms with E-state index in [1.54, 1.807) is 0 Å². The molecule has 1 fully saturated rings. The van der Waals surface area contributed by atoms with E-state index in [1.165, 1.54) is 33.4 Å². The molecule has 3 aromatic rings. The molecule has 4 nitrogen and oxygen atoms in total. The van der Waals surface area contributed by atoms with Crippen LogP contribution in [0.5, 0.6) is 5.75 Å². The quantitative estimate of drug-likeness (QED) is 0.528. The second-order valence-corrected chi connectivity index (χ2v) is 11.6. The van der Waals surface area contributed by atoms with Gasteiger partial charge in [-0.2, -0.15) is 0 Å². The number of para-hydroxylation sites is 1. The molecule has 0 unspecified atom stereocenters. The van der Waals surface area contributed by atoms with E-state index in [4.69, 9.17) is 4.74 Å². The smallest absolute Gasteiger partial charge is 0.150 e. The number of hydrogen-bond acceptors (Lipinski definition) is 4. The monoisotopic (exact) mass is 461 g/mol. The van der Waals surface area contributed by atoms with E-state index < -0.39 is 9.84 Å². The highest BCUT2D eigenvalue weighted by Crippen LogP contribution is 2.38. The number of sulfone groups is 1. The number of anilines is 1. The first-order chi connectivity index (χ1) is 16.0. The molecule has 0 atom stereocenters. The first kappa shape index (κ1) is 22.0. The average molecular weight is 462 g/mol. The summed E-state index contributed by atoms with van der Waals surface area (Å²) in [5, 5.41) is 3.52. The molecule has 0 saturated carbocycles. The lowest BCUT2D eigenvalue weighted by Crippen LogP contribution is -2.30. The first-order valence-corrected chi connectivity index (χ1v) is 13.7. The van der Waals surface area contributed by atoms with Gasteiger partial charge in [0, 0.05) is 12.2 Å². The fourth-order valence-corrected chi connectivity index (χ4v) is 6.52. The third kappa shape index (κ3) is 5.09. The van der Waals surface area contributed by atoms with Gasteiger partial charge in [0.1, 0.15) is 11.9 Å². The summed E-state index contributed by atoms with van der Waals surface area (Å²) in [5.41, 5.74) is 9.04. The van der Waals surface area contributed by atoms with Crippen molar-refractivity contribution in [2.45, 2.75) is 51.7 Å². The second kappa shape index (κ2) is 9.22. The number of fused-ring (bicyclic) bond motifs is 3. The van der Waals surface area contributed by atoms with Crippen LogP contribution in [0.1, 0.15) is 41.5 Å². The summed E-state index contributed by atoms with van der Waals surface area (Å²) >= 11 is 0. The van der Waals surface area contributed by atoms with Gasteiger partial charge >= 0.3 is 0 Å². The van der Waals surface area contributed by atoms with Gasteiger partial charge in [-0.15, -0.1) is 0 Å². The highest BCUT2D eigenvalue weighted by atomic mass is 32.2. The molecule has 1 saturated heterocycles. The van der Waals surface area contributed by atoms with Crippen LogP contribution in [0.3, 0.4) is 0 Å². The molecule has 3 aromatic carbocycles. The van der Waals surface area contributed by atoms with Crippen molar-refractivity contribution in [3.8, 4) is 16.9 Å². The lowest BCUT2D eigenvalue weighted by Gasteiger charge is -2.24. The summed E-state index contributed by atoms with van der Waals surface area (Å²) in [6.07, 6.45) is 4.37. The van der Waals surface area contributed by atoms with Crippen LogP contribution in [0, 0.1) is 6.92 Å². The number of benzene rings is 3. The summed E-state index contributed by atoms with van der Waals surface area (Å²) in [5.74, 6) is 1.34. The van der Waals surface area contributed by atoms with Gasteiger partial charge in [-0.05, 0) is 103 Å². The number of nitrogens with one attached hydrogen (secondary N) is 1. The topological polar surface area (TPSA) is 55.4 Å². The van der Waals surface area contributed by atoms with E-state index >= 15 is 0 Å². The van der Waals surface area contributed by atoms with Crippen LogP contribution in [0.15, 0.2) is 60.7 Å². The van der Waals surface area contributed by atoms with Crippen molar-refractivity contribution in [3.63, 3.8) is 0 Å². The van der Waals surface area contributed by atoms with Crippen molar-refractivity contribution in [1.29, 1.82) is 0 Å². The molecule has 0 amide bonds. The summed E-state index contributed by atoms with van der Waals surface area (Å²) in [6, 6.07) is 21.5. The Morgan fingerprint density at radius 2 is 1.70 bits per heavy atom. The molecule has 0 bridgehead atoms. The molecule has 33 heavy (non-hydrogen) atoms. The minimum absolute atomic E-state index is 0.0142. The van der Waals surface area contributed by atoms with Gasteiger partial charge in [0.05, 0.1) is 11.5 Å². The lowest BCUT2D eigenvalue weighted by atomic mass is 9.91. The highest BCUT2D eigenvalue weighted by Gasteiger charge is 2.25. The van der Waals surface area contributed by atoms with Crippen LogP contribution >= 0.6 is 0 Å². The SMILES string of the molecule is Cc1cc(OC2CCS(=O)(=O)CC2)cc2c1-c1cc(CNc3ccccc3)ccc1CCC2. The Morgan fingerprint density at radius 1 is 0.939 bits per heavy atom. The fraction of sp³-hybridized carbons (Fsp3) is 0.357. The zero-order valence-electron chi connectivity index (χ0n) is 19.1. The van der Waals surface area contributed by atoms with Gasteiger partial charge in [-0.3, -0.25) is 0 Å². The molecule has 0 radical (unpaired) electrons. The van der Waals surface area contributed by atoms with Gasteiger partial charge in [-0.1, -0.05) is 30.3 Å². The molecular weight excluding hydrogens is 430 g/mol. The van der Waals surface area contributed by atoms with Crippen molar-refractivity contribution in [2.75, 3.05) is 16.8 Å². The minimum Gasteiger partial charge on any atom is -0.490 e. The van der Waals surface area contributed by atoms with E-state index in [0.717, 1.165) is 37.2 Å². The summed E-state index contributed by atoms with van der Waals surface area (Å²) < 4.78 is 29.7. The molecule has 1 aliphatic carbocycles. The lowest BCUT2D eigenvalue weighted by molar-refractivity contribution is 0.189. The predicted molar refractivity (Wildman–Crippen MR) is 135 cm³/mol. The molecule has 2 aliphatic rings. The maximum Gasteiger partial charge on any atom is 0.150 e. The van der Waals surface area contributed by atoms with E-state index in [2.05, 4.69) is 54.7 Å². The zero-order valence-corrected chi connectivity index (χ0v) is 20.0. The number of ether oxygens (including phenoxy) is 1. The van der Waals surface area contributed by atoms with Crippen LogP contribution in [-0.4, -0.2) is 26.0 Å². The minimum atomic E-state index is -2.88. The van der Waals surface area contributed by atoms with Gasteiger partial charge < -0.3 is 10.1 Å². The Labute approximate surface area is 196 Å². The Morgan fingerprint density at radius 3 is 2.48 bits per heavy atom. The third-order valence-corrected chi connectivity index (χ3v) is 8.52. The standard InChI is InChI=1S/C28H31NO3S/c1-20-16-26(32-25-12-14-33(30,31)15-13-25)18-23-7-5-6-22-11-10-21(17-27(22)28(20)23)19-29-24-8-3-2-4-9-24/h2-4,8-11,16-18,25,29H,5-7,12-15,19H2,1H3. The Kier molecular flexibility index (Phi) is 6.15. The molecule has 5 heteroatoms. The summed E-state index contributed by atoms with van der Waals surface area (Å²) in [4.78, 5) is 0. The second-order valence-electron chi connectivity index (χ2n) is 9.31. The maximum absolute atomic E-state index is 11.7. The van der Waals surface area contributed by atoms with E-state index in [1.807, 2.05) is 18.2 Å². The first-order valence-electron chi connectivity index (χ1n) is 11.9. The normalized spacial score (nSPS) is 17.5. The average Bonchev–Trinajstić information content (AvgIpc) is 2.99. The van der Waals surface area contributed by atoms with Crippen molar-refractivity contribution in [1.82, 2.24) is 0 Å². The molecule has 0 aromatic heterocycles. The molecule has 1 heterocycles. The Balaban J connectivity index is 1.40. The van der Waals surface area contributed by atoms with Crippen molar-refractivity contribution in [2.24, 2.45) is 0 Å². The number of hydrogen-bond donors (Lipinski definition) is 1. The molecule has 5 rings (SSSR count). The molecule has 1 aliphatic heterocycles. The summed E-state index contributed by atoms with van der Waals surface area (Å²) in [7, 11) is -2.88. The van der Waals surface area contributed by atoms with E-state index in [0.29, 0.717) is 12.8 Å². The Bertz CT molecular complexity index is 1240. The summed E-state index contributed by atoms with van der Waals surface area (Å²) in [6.45, 7) is 2.96. The number of rotatable bonds is 5. The molecule has 172 valence electrons. The van der Waals surface area contributed by atoms with Gasteiger partial charge in [0.25, 0.3) is 0 Å². The predicted octanol–water partition coefficient (Wildman–Crippen LogP) is 5.72. The Hall–Kier alpha value is -2.79. The zero-order chi connectivity index (χ0) is 22.8. The van der Waals surface area contributed by atoms with Crippen LogP contribution in [0.2, 0.25) is 0 Å². The largest absolute Gasteiger partial charge is 0.490 e. The van der Waals surface area contributed by atoms with Crippen molar-refractivity contribution in [3.05, 3.63) is 82.9 Å². The molecular formula is C28H31NO3S. The fourth-order valence-electron chi connectivity index (χ4n) is 5.07. The molecule has 1 N–H and O–H groups in total. The van der Waals surface area contributed by atoms with Gasteiger partial charge in [-0.25, -0.2) is 8.42 Å². The highest BCUT2D eigenvalue weighted by molar-refractivity contribution is 7.91. The number of aryl methyl sites for hydroxylation is 3. The molecule has 0 spiro atoms. The van der Waals surface area contributed by atoms with E-state index in [-0.39, 0.29) is 17.6 Å². The van der Waals surface area contributed by atoms with Crippen LogP contribution in [-0.2, 0) is 29.2 Å². The third-order valence-electron chi connectivity index (χ3n) is 6.80.